The average molecular weight is 233 g/mol. The van der Waals surface area contributed by atoms with Crippen molar-refractivity contribution in [3.63, 3.8) is 0 Å². The third-order valence-electron chi connectivity index (χ3n) is 2.58. The lowest BCUT2D eigenvalue weighted by atomic mass is 10.1. The van der Waals surface area contributed by atoms with E-state index in [2.05, 4.69) is 21.6 Å². The van der Waals surface area contributed by atoms with E-state index in [9.17, 15) is 0 Å². The second-order valence-electron chi connectivity index (χ2n) is 3.58. The van der Waals surface area contributed by atoms with Gasteiger partial charge in [0.05, 0.1) is 6.61 Å². The molecule has 0 spiro atoms. The van der Waals surface area contributed by atoms with E-state index in [4.69, 9.17) is 4.74 Å². The zero-order chi connectivity index (χ0) is 11.0. The molecule has 3 rings (SSSR count). The number of rotatable bonds is 2. The Hall–Kier alpha value is -1.62. The lowest BCUT2D eigenvalue weighted by Gasteiger charge is -2.00. The van der Waals surface area contributed by atoms with Crippen molar-refractivity contribution in [2.24, 2.45) is 0 Å². The first kappa shape index (κ1) is 9.59. The van der Waals surface area contributed by atoms with Crippen LogP contribution in [0.5, 0.6) is 5.75 Å². The maximum absolute atomic E-state index is 5.47. The molecule has 82 valence electrons. The van der Waals surface area contributed by atoms with Gasteiger partial charge < -0.3 is 10.1 Å². The second-order valence-corrected chi connectivity index (χ2v) is 4.56. The van der Waals surface area contributed by atoms with E-state index >= 15 is 0 Å². The number of fused-ring (bicyclic) bond motifs is 1. The average Bonchev–Trinajstić information content (AvgIpc) is 2.96. The predicted octanol–water partition coefficient (Wildman–Crippen LogP) is 2.18. The third-order valence-corrected chi connectivity index (χ3v) is 3.57. The fourth-order valence-electron chi connectivity index (χ4n) is 1.76. The van der Waals surface area contributed by atoms with Gasteiger partial charge >= 0.3 is 0 Å². The van der Waals surface area contributed by atoms with E-state index in [1.54, 1.807) is 11.3 Å². The van der Waals surface area contributed by atoms with E-state index in [1.807, 2.05) is 19.2 Å². The molecule has 16 heavy (non-hydrogen) atoms. The Kier molecular flexibility index (Phi) is 2.25. The van der Waals surface area contributed by atoms with Gasteiger partial charge in [0.2, 0.25) is 5.13 Å². The van der Waals surface area contributed by atoms with Crippen LogP contribution in [0.15, 0.2) is 18.2 Å². The Morgan fingerprint density at radius 2 is 2.31 bits per heavy atom. The van der Waals surface area contributed by atoms with Crippen LogP contribution in [0.1, 0.15) is 5.56 Å². The van der Waals surface area contributed by atoms with E-state index < -0.39 is 0 Å². The summed E-state index contributed by atoms with van der Waals surface area (Å²) in [5.74, 6) is 1.00. The molecule has 5 heteroatoms. The van der Waals surface area contributed by atoms with Crippen molar-refractivity contribution in [1.29, 1.82) is 0 Å². The molecular weight excluding hydrogens is 222 g/mol. The SMILES string of the molecule is CNc1nnc(-c2ccc3c(c2)CCO3)s1. The zero-order valence-corrected chi connectivity index (χ0v) is 9.67. The highest BCUT2D eigenvalue weighted by atomic mass is 32.1. The van der Waals surface area contributed by atoms with Crippen LogP contribution in [0.25, 0.3) is 10.6 Å². The molecule has 1 aromatic carbocycles. The van der Waals surface area contributed by atoms with Gasteiger partial charge in [-0.25, -0.2) is 0 Å². The highest BCUT2D eigenvalue weighted by molar-refractivity contribution is 7.18. The lowest BCUT2D eigenvalue weighted by Crippen LogP contribution is -1.85. The van der Waals surface area contributed by atoms with Crippen molar-refractivity contribution >= 4 is 16.5 Å². The number of hydrogen-bond acceptors (Lipinski definition) is 5. The van der Waals surface area contributed by atoms with E-state index in [0.717, 1.165) is 34.5 Å². The van der Waals surface area contributed by atoms with Crippen LogP contribution in [-0.2, 0) is 6.42 Å². The summed E-state index contributed by atoms with van der Waals surface area (Å²) in [6.07, 6.45) is 0.987. The maximum atomic E-state index is 5.47. The van der Waals surface area contributed by atoms with Crippen molar-refractivity contribution < 1.29 is 4.74 Å². The van der Waals surface area contributed by atoms with Crippen molar-refractivity contribution in [2.75, 3.05) is 19.0 Å². The topological polar surface area (TPSA) is 47.0 Å². The van der Waals surface area contributed by atoms with Crippen LogP contribution >= 0.6 is 11.3 Å². The second kappa shape index (κ2) is 3.75. The first-order valence-electron chi connectivity index (χ1n) is 5.14. The van der Waals surface area contributed by atoms with Gasteiger partial charge in [0.1, 0.15) is 10.8 Å². The van der Waals surface area contributed by atoms with Crippen LogP contribution in [0.4, 0.5) is 5.13 Å². The largest absolute Gasteiger partial charge is 0.493 e. The fraction of sp³-hybridized carbons (Fsp3) is 0.273. The Morgan fingerprint density at radius 3 is 3.12 bits per heavy atom. The summed E-state index contributed by atoms with van der Waals surface area (Å²) >= 11 is 1.56. The minimum absolute atomic E-state index is 0.788. The maximum Gasteiger partial charge on any atom is 0.205 e. The number of benzene rings is 1. The Bertz CT molecular complexity index is 524. The van der Waals surface area contributed by atoms with Crippen molar-refractivity contribution in [2.45, 2.75) is 6.42 Å². The number of ether oxygens (including phenoxy) is 1. The molecule has 0 saturated carbocycles. The minimum Gasteiger partial charge on any atom is -0.493 e. The highest BCUT2D eigenvalue weighted by Crippen LogP contribution is 2.32. The number of anilines is 1. The first-order chi connectivity index (χ1) is 7.86. The van der Waals surface area contributed by atoms with Crippen LogP contribution < -0.4 is 10.1 Å². The quantitative estimate of drug-likeness (QED) is 0.863. The Labute approximate surface area is 97.3 Å². The molecule has 0 atom stereocenters. The number of nitrogens with zero attached hydrogens (tertiary/aromatic N) is 2. The van der Waals surface area contributed by atoms with Crippen LogP contribution in [0.2, 0.25) is 0 Å². The molecule has 1 aliphatic rings. The van der Waals surface area contributed by atoms with E-state index in [1.165, 1.54) is 5.56 Å². The van der Waals surface area contributed by atoms with Gasteiger partial charge in [-0.3, -0.25) is 0 Å². The third kappa shape index (κ3) is 1.53. The summed E-state index contributed by atoms with van der Waals surface area (Å²) in [6.45, 7) is 0.788. The van der Waals surface area contributed by atoms with Gasteiger partial charge in [0, 0.05) is 19.0 Å². The summed E-state index contributed by atoms with van der Waals surface area (Å²) in [6, 6.07) is 6.19. The van der Waals surface area contributed by atoms with Gasteiger partial charge in [0.25, 0.3) is 0 Å². The Morgan fingerprint density at radius 1 is 1.38 bits per heavy atom. The monoisotopic (exact) mass is 233 g/mol. The van der Waals surface area contributed by atoms with E-state index in [0.29, 0.717) is 0 Å². The van der Waals surface area contributed by atoms with Gasteiger partial charge in [0.15, 0.2) is 0 Å². The summed E-state index contributed by atoms with van der Waals surface area (Å²) in [5, 5.41) is 13.0. The van der Waals surface area contributed by atoms with Crippen LogP contribution in [0.3, 0.4) is 0 Å². The number of hydrogen-bond donors (Lipinski definition) is 1. The normalized spacial score (nSPS) is 13.3. The fourth-order valence-corrected chi connectivity index (χ4v) is 2.45. The number of nitrogens with one attached hydrogen (secondary N) is 1. The highest BCUT2D eigenvalue weighted by Gasteiger charge is 2.14. The molecule has 0 saturated heterocycles. The molecule has 0 bridgehead atoms. The summed E-state index contributed by atoms with van der Waals surface area (Å²) < 4.78 is 5.47. The summed E-state index contributed by atoms with van der Waals surface area (Å²) in [4.78, 5) is 0. The molecule has 0 radical (unpaired) electrons. The standard InChI is InChI=1S/C11H11N3OS/c1-12-11-14-13-10(16-11)8-2-3-9-7(6-8)4-5-15-9/h2-3,6H,4-5H2,1H3,(H,12,14). The molecule has 0 unspecified atom stereocenters. The van der Waals surface area contributed by atoms with Gasteiger partial charge in [-0.2, -0.15) is 0 Å². The van der Waals surface area contributed by atoms with Crippen molar-refractivity contribution in [3.8, 4) is 16.3 Å². The van der Waals surface area contributed by atoms with Crippen LogP contribution in [-0.4, -0.2) is 23.9 Å². The van der Waals surface area contributed by atoms with Gasteiger partial charge in [-0.05, 0) is 23.8 Å². The smallest absolute Gasteiger partial charge is 0.205 e. The Balaban J connectivity index is 2.00. The lowest BCUT2D eigenvalue weighted by molar-refractivity contribution is 0.357. The van der Waals surface area contributed by atoms with Gasteiger partial charge in [-0.1, -0.05) is 11.3 Å². The van der Waals surface area contributed by atoms with Crippen LogP contribution in [0, 0.1) is 0 Å². The molecule has 4 nitrogen and oxygen atoms in total. The molecule has 1 aliphatic heterocycles. The number of aromatic nitrogens is 2. The molecular formula is C11H11N3OS. The van der Waals surface area contributed by atoms with Gasteiger partial charge in [-0.15, -0.1) is 10.2 Å². The van der Waals surface area contributed by atoms with Crippen molar-refractivity contribution in [1.82, 2.24) is 10.2 Å². The molecule has 0 fully saturated rings. The van der Waals surface area contributed by atoms with E-state index in [-0.39, 0.29) is 0 Å². The summed E-state index contributed by atoms with van der Waals surface area (Å²) in [5.41, 5.74) is 2.38. The minimum atomic E-state index is 0.788. The molecule has 2 aromatic rings. The summed E-state index contributed by atoms with van der Waals surface area (Å²) in [7, 11) is 1.85. The first-order valence-corrected chi connectivity index (χ1v) is 5.96. The molecule has 1 N–H and O–H groups in total. The molecule has 0 aliphatic carbocycles. The predicted molar refractivity (Wildman–Crippen MR) is 64.1 cm³/mol. The molecule has 0 amide bonds. The van der Waals surface area contributed by atoms with Crippen molar-refractivity contribution in [3.05, 3.63) is 23.8 Å². The molecule has 2 heterocycles. The zero-order valence-electron chi connectivity index (χ0n) is 8.86. The molecule has 1 aromatic heterocycles.